The van der Waals surface area contributed by atoms with Gasteiger partial charge >= 0.3 is 0 Å². The van der Waals surface area contributed by atoms with Crippen LogP contribution in [0.4, 0.5) is 11.4 Å². The fourth-order valence-corrected chi connectivity index (χ4v) is 2.43. The highest BCUT2D eigenvalue weighted by molar-refractivity contribution is 6.00. The van der Waals surface area contributed by atoms with Gasteiger partial charge in [-0.1, -0.05) is 18.2 Å². The second-order valence-corrected chi connectivity index (χ2v) is 5.28. The molecule has 0 radical (unpaired) electrons. The fourth-order valence-electron chi connectivity index (χ4n) is 2.43. The normalized spacial score (nSPS) is 16.6. The minimum absolute atomic E-state index is 0.204. The van der Waals surface area contributed by atoms with Crippen molar-refractivity contribution < 1.29 is 4.74 Å². The van der Waals surface area contributed by atoms with Crippen molar-refractivity contribution in [3.63, 3.8) is 0 Å². The van der Waals surface area contributed by atoms with Gasteiger partial charge in [-0.2, -0.15) is 0 Å². The van der Waals surface area contributed by atoms with Crippen LogP contribution in [-0.2, 0) is 0 Å². The third kappa shape index (κ3) is 3.69. The number of ether oxygens (including phenoxy) is 1. The molecule has 0 aliphatic carbocycles. The van der Waals surface area contributed by atoms with Crippen LogP contribution < -0.4 is 15.4 Å². The standard InChI is InChI=1S/C18H20N4O/c1-19-15-4-3-5-16(10-15)22-18-20-11-14(12-21-18)13-6-8-17(23-2)9-7-13/h3-11,14,19H,12H2,1-2H3,(H,21,22). The first-order valence-electron chi connectivity index (χ1n) is 7.56. The summed E-state index contributed by atoms with van der Waals surface area (Å²) < 4.78 is 5.18. The third-order valence-electron chi connectivity index (χ3n) is 3.77. The molecule has 23 heavy (non-hydrogen) atoms. The van der Waals surface area contributed by atoms with Gasteiger partial charge in [0.15, 0.2) is 0 Å². The van der Waals surface area contributed by atoms with Crippen LogP contribution in [0.2, 0.25) is 0 Å². The molecular formula is C18H20N4O. The molecule has 2 aromatic carbocycles. The number of hydrogen-bond acceptors (Lipinski definition) is 5. The maximum atomic E-state index is 5.18. The summed E-state index contributed by atoms with van der Waals surface area (Å²) in [5.41, 5.74) is 3.21. The highest BCUT2D eigenvalue weighted by Gasteiger charge is 2.13. The van der Waals surface area contributed by atoms with Crippen molar-refractivity contribution in [3.8, 4) is 5.75 Å². The van der Waals surface area contributed by atoms with E-state index in [9.17, 15) is 0 Å². The van der Waals surface area contributed by atoms with Gasteiger partial charge in [-0.3, -0.25) is 4.99 Å². The molecule has 0 bridgehead atoms. The largest absolute Gasteiger partial charge is 0.497 e. The maximum absolute atomic E-state index is 5.18. The monoisotopic (exact) mass is 308 g/mol. The van der Waals surface area contributed by atoms with E-state index in [1.807, 2.05) is 49.7 Å². The molecule has 0 saturated carbocycles. The van der Waals surface area contributed by atoms with Gasteiger partial charge < -0.3 is 15.4 Å². The molecule has 1 aliphatic heterocycles. The van der Waals surface area contributed by atoms with E-state index in [4.69, 9.17) is 4.74 Å². The lowest BCUT2D eigenvalue weighted by Crippen LogP contribution is -2.18. The minimum Gasteiger partial charge on any atom is -0.497 e. The second-order valence-electron chi connectivity index (χ2n) is 5.28. The molecule has 0 amide bonds. The summed E-state index contributed by atoms with van der Waals surface area (Å²) in [5, 5.41) is 6.35. The van der Waals surface area contributed by atoms with Crippen LogP contribution >= 0.6 is 0 Å². The predicted molar refractivity (Wildman–Crippen MR) is 96.1 cm³/mol. The first kappa shape index (κ1) is 15.1. The Morgan fingerprint density at radius 3 is 2.52 bits per heavy atom. The van der Waals surface area contributed by atoms with Crippen LogP contribution in [0, 0.1) is 0 Å². The SMILES string of the molecule is CNc1cccc(NC2=NCC(c3ccc(OC)cc3)C=N2)c1. The zero-order valence-electron chi connectivity index (χ0n) is 13.3. The number of aliphatic imine (C=N–C) groups is 2. The smallest absolute Gasteiger partial charge is 0.222 e. The van der Waals surface area contributed by atoms with Gasteiger partial charge in [0.05, 0.1) is 13.7 Å². The zero-order valence-corrected chi connectivity index (χ0v) is 13.3. The van der Waals surface area contributed by atoms with Crippen molar-refractivity contribution in [2.75, 3.05) is 31.3 Å². The van der Waals surface area contributed by atoms with Gasteiger partial charge in [0.2, 0.25) is 5.96 Å². The zero-order chi connectivity index (χ0) is 16.1. The Morgan fingerprint density at radius 1 is 1.09 bits per heavy atom. The number of benzene rings is 2. The van der Waals surface area contributed by atoms with Crippen LogP contribution in [0.1, 0.15) is 11.5 Å². The highest BCUT2D eigenvalue weighted by atomic mass is 16.5. The van der Waals surface area contributed by atoms with Crippen molar-refractivity contribution in [1.29, 1.82) is 0 Å². The molecule has 118 valence electrons. The Hall–Kier alpha value is -2.82. The first-order chi connectivity index (χ1) is 11.3. The maximum Gasteiger partial charge on any atom is 0.222 e. The molecule has 2 N–H and O–H groups in total. The summed E-state index contributed by atoms with van der Waals surface area (Å²) in [6.07, 6.45) is 1.94. The summed E-state index contributed by atoms with van der Waals surface area (Å²) in [6, 6.07) is 16.0. The Morgan fingerprint density at radius 2 is 1.87 bits per heavy atom. The lowest BCUT2D eigenvalue weighted by atomic mass is 10.00. The Kier molecular flexibility index (Phi) is 4.57. The van der Waals surface area contributed by atoms with E-state index in [0.29, 0.717) is 12.5 Å². The van der Waals surface area contributed by atoms with Gasteiger partial charge in [0, 0.05) is 30.6 Å². The molecule has 0 aromatic heterocycles. The number of rotatable bonds is 4. The summed E-state index contributed by atoms with van der Waals surface area (Å²) in [6.45, 7) is 0.684. The minimum atomic E-state index is 0.204. The Balaban J connectivity index is 1.65. The van der Waals surface area contributed by atoms with Crippen molar-refractivity contribution in [3.05, 3.63) is 54.1 Å². The number of nitrogens with zero attached hydrogens (tertiary/aromatic N) is 2. The summed E-state index contributed by atoms with van der Waals surface area (Å²) in [7, 11) is 3.57. The van der Waals surface area contributed by atoms with Crippen molar-refractivity contribution in [2.45, 2.75) is 5.92 Å². The molecule has 5 nitrogen and oxygen atoms in total. The molecule has 5 heteroatoms. The summed E-state index contributed by atoms with van der Waals surface area (Å²) >= 11 is 0. The highest BCUT2D eigenvalue weighted by Crippen LogP contribution is 2.21. The van der Waals surface area contributed by atoms with Gasteiger partial charge in [-0.15, -0.1) is 0 Å². The van der Waals surface area contributed by atoms with E-state index in [1.54, 1.807) is 7.11 Å². The number of nitrogens with one attached hydrogen (secondary N) is 2. The molecule has 1 aliphatic rings. The third-order valence-corrected chi connectivity index (χ3v) is 3.77. The lowest BCUT2D eigenvalue weighted by Gasteiger charge is -2.16. The van der Waals surface area contributed by atoms with Crippen LogP contribution in [0.15, 0.2) is 58.5 Å². The summed E-state index contributed by atoms with van der Waals surface area (Å²) in [5.74, 6) is 1.70. The fraction of sp³-hybridized carbons (Fsp3) is 0.222. The van der Waals surface area contributed by atoms with E-state index in [-0.39, 0.29) is 5.92 Å². The van der Waals surface area contributed by atoms with Gasteiger partial charge in [0.25, 0.3) is 0 Å². The number of hydrogen-bond donors (Lipinski definition) is 2. The van der Waals surface area contributed by atoms with E-state index in [0.717, 1.165) is 17.1 Å². The lowest BCUT2D eigenvalue weighted by molar-refractivity contribution is 0.414. The molecule has 1 atom stereocenters. The number of anilines is 2. The predicted octanol–water partition coefficient (Wildman–Crippen LogP) is 3.37. The second kappa shape index (κ2) is 6.96. The van der Waals surface area contributed by atoms with Crippen molar-refractivity contribution in [2.24, 2.45) is 9.98 Å². The van der Waals surface area contributed by atoms with Gasteiger partial charge in [0.1, 0.15) is 5.75 Å². The molecular weight excluding hydrogens is 288 g/mol. The van der Waals surface area contributed by atoms with Crippen LogP contribution in [-0.4, -0.2) is 32.9 Å². The average Bonchev–Trinajstić information content (AvgIpc) is 2.63. The van der Waals surface area contributed by atoms with E-state index >= 15 is 0 Å². The van der Waals surface area contributed by atoms with Gasteiger partial charge in [-0.25, -0.2) is 4.99 Å². The molecule has 2 aromatic rings. The molecule has 0 saturated heterocycles. The van der Waals surface area contributed by atoms with Crippen molar-refractivity contribution >= 4 is 23.5 Å². The first-order valence-corrected chi connectivity index (χ1v) is 7.56. The van der Waals surface area contributed by atoms with Gasteiger partial charge in [-0.05, 0) is 35.9 Å². The van der Waals surface area contributed by atoms with E-state index in [2.05, 4.69) is 32.8 Å². The Labute approximate surface area is 136 Å². The van der Waals surface area contributed by atoms with Crippen LogP contribution in [0.3, 0.4) is 0 Å². The van der Waals surface area contributed by atoms with E-state index < -0.39 is 0 Å². The van der Waals surface area contributed by atoms with Crippen LogP contribution in [0.5, 0.6) is 5.75 Å². The number of methoxy groups -OCH3 is 1. The van der Waals surface area contributed by atoms with Crippen LogP contribution in [0.25, 0.3) is 0 Å². The average molecular weight is 308 g/mol. The molecule has 1 heterocycles. The molecule has 0 fully saturated rings. The summed E-state index contributed by atoms with van der Waals surface area (Å²) in [4.78, 5) is 8.98. The van der Waals surface area contributed by atoms with Crippen molar-refractivity contribution in [1.82, 2.24) is 0 Å². The van der Waals surface area contributed by atoms with E-state index in [1.165, 1.54) is 5.56 Å². The molecule has 3 rings (SSSR count). The topological polar surface area (TPSA) is 58.0 Å². The molecule has 1 unspecified atom stereocenters. The number of guanidine groups is 1. The molecule has 0 spiro atoms. The quantitative estimate of drug-likeness (QED) is 0.910. The Bertz CT molecular complexity index is 722.